The number of fused-ring (bicyclic) bond motifs is 3. The number of hydrogen-bond donors (Lipinski definition) is 3. The Hall–Kier alpha value is -4.44. The van der Waals surface area contributed by atoms with E-state index >= 15 is 0 Å². The van der Waals surface area contributed by atoms with E-state index in [0.717, 1.165) is 59.9 Å². The Morgan fingerprint density at radius 1 is 0.927 bits per heavy atom. The van der Waals surface area contributed by atoms with Crippen LogP contribution in [0, 0.1) is 0 Å². The van der Waals surface area contributed by atoms with E-state index in [2.05, 4.69) is 22.5 Å². The van der Waals surface area contributed by atoms with Crippen LogP contribution in [0.15, 0.2) is 48.6 Å². The van der Waals surface area contributed by atoms with Crippen LogP contribution in [-0.2, 0) is 33.7 Å². The number of nitrogen functional groups attached to an aromatic ring is 1. The lowest BCUT2D eigenvalue weighted by Gasteiger charge is -2.14. The van der Waals surface area contributed by atoms with E-state index in [-0.39, 0.29) is 23.3 Å². The van der Waals surface area contributed by atoms with Crippen LogP contribution in [0.4, 0.5) is 5.82 Å². The van der Waals surface area contributed by atoms with Crippen molar-refractivity contribution in [1.29, 1.82) is 0 Å². The minimum Gasteiger partial charge on any atom is -0.508 e. The number of aromatic hydroxyl groups is 2. The number of phenolic OH excluding ortho intramolecular Hbond substituents is 2. The minimum atomic E-state index is -0.269. The van der Waals surface area contributed by atoms with E-state index in [1.807, 2.05) is 12.1 Å². The van der Waals surface area contributed by atoms with Gasteiger partial charge in [-0.2, -0.15) is 0 Å². The zero-order chi connectivity index (χ0) is 28.9. The standard InChI is InChI=1S/C31H35N5O5/c1-2-3-7-26-34-29-30(36(26)19-21-18-22(37)9-11-25(21)38)23-17-20(8-10-24(23)33-31(29)32)6-4-15-41-16-5-14-35-27(39)12-13-28(35)40/h8-13,17-18,37-38H,2-7,14-16,19H2,1H3,(H2,32,33). The van der Waals surface area contributed by atoms with Crippen LogP contribution in [0.2, 0.25) is 0 Å². The van der Waals surface area contributed by atoms with Gasteiger partial charge < -0.3 is 25.3 Å². The average molecular weight is 558 g/mol. The second-order valence-electron chi connectivity index (χ2n) is 10.3. The zero-order valence-corrected chi connectivity index (χ0v) is 23.2. The predicted octanol–water partition coefficient (Wildman–Crippen LogP) is 4.23. The third-order valence-electron chi connectivity index (χ3n) is 7.32. The topological polar surface area (TPSA) is 144 Å². The van der Waals surface area contributed by atoms with Crippen molar-refractivity contribution in [3.63, 3.8) is 0 Å². The Bertz CT molecular complexity index is 1610. The van der Waals surface area contributed by atoms with Crippen molar-refractivity contribution in [1.82, 2.24) is 19.4 Å². The van der Waals surface area contributed by atoms with Crippen LogP contribution in [0.25, 0.3) is 21.9 Å². The second-order valence-corrected chi connectivity index (χ2v) is 10.3. The molecule has 4 N–H and O–H groups in total. The molecule has 41 heavy (non-hydrogen) atoms. The lowest BCUT2D eigenvalue weighted by molar-refractivity contribution is -0.136. The molecule has 10 heteroatoms. The highest BCUT2D eigenvalue weighted by molar-refractivity contribution is 6.12. The number of rotatable bonds is 13. The number of imidazole rings is 1. The molecular formula is C31H35N5O5. The first-order valence-electron chi connectivity index (χ1n) is 14.0. The van der Waals surface area contributed by atoms with E-state index in [1.54, 1.807) is 6.07 Å². The maximum absolute atomic E-state index is 11.6. The lowest BCUT2D eigenvalue weighted by atomic mass is 10.1. The van der Waals surface area contributed by atoms with Crippen LogP contribution in [0.1, 0.15) is 49.6 Å². The summed E-state index contributed by atoms with van der Waals surface area (Å²) in [6.07, 6.45) is 7.48. The number of unbranched alkanes of at least 4 members (excludes halogenated alkanes) is 1. The molecule has 0 bridgehead atoms. The van der Waals surface area contributed by atoms with Crippen molar-refractivity contribution in [3.05, 3.63) is 65.5 Å². The van der Waals surface area contributed by atoms with Gasteiger partial charge in [-0.15, -0.1) is 0 Å². The van der Waals surface area contributed by atoms with E-state index in [0.29, 0.717) is 49.6 Å². The smallest absolute Gasteiger partial charge is 0.253 e. The Balaban J connectivity index is 1.33. The molecule has 1 aliphatic heterocycles. The summed E-state index contributed by atoms with van der Waals surface area (Å²) in [7, 11) is 0. The van der Waals surface area contributed by atoms with Gasteiger partial charge in [-0.1, -0.05) is 19.4 Å². The van der Waals surface area contributed by atoms with E-state index in [4.69, 9.17) is 15.5 Å². The Kier molecular flexibility index (Phi) is 8.49. The first-order valence-corrected chi connectivity index (χ1v) is 14.0. The highest BCUT2D eigenvalue weighted by Crippen LogP contribution is 2.32. The summed E-state index contributed by atoms with van der Waals surface area (Å²) in [4.78, 5) is 34.0. The normalized spacial score (nSPS) is 13.3. The number of phenols is 2. The molecular weight excluding hydrogens is 522 g/mol. The van der Waals surface area contributed by atoms with E-state index in [1.165, 1.54) is 29.2 Å². The quantitative estimate of drug-likeness (QED) is 0.126. The SMILES string of the molecule is CCCCc1nc2c(N)nc3ccc(CCCOCCCN4C(=O)C=CC4=O)cc3c2n1Cc1cc(O)ccc1O. The number of carbonyl (C=O) groups is 2. The number of imide groups is 1. The lowest BCUT2D eigenvalue weighted by Crippen LogP contribution is -2.31. The summed E-state index contributed by atoms with van der Waals surface area (Å²) in [5.41, 5.74) is 10.3. The molecule has 0 saturated heterocycles. The van der Waals surface area contributed by atoms with Crippen molar-refractivity contribution < 1.29 is 24.5 Å². The molecule has 0 aliphatic carbocycles. The van der Waals surface area contributed by atoms with Crippen LogP contribution in [0.3, 0.4) is 0 Å². The minimum absolute atomic E-state index is 0.0860. The number of ether oxygens (including phenoxy) is 1. The van der Waals surface area contributed by atoms with Crippen LogP contribution in [-0.4, -0.2) is 61.2 Å². The molecule has 2 aromatic heterocycles. The molecule has 1 aliphatic rings. The molecule has 0 saturated carbocycles. The van der Waals surface area contributed by atoms with Gasteiger partial charge in [-0.3, -0.25) is 14.5 Å². The van der Waals surface area contributed by atoms with Crippen molar-refractivity contribution in [2.75, 3.05) is 25.5 Å². The molecule has 0 unspecified atom stereocenters. The second kappa shape index (κ2) is 12.4. The van der Waals surface area contributed by atoms with E-state index < -0.39 is 0 Å². The van der Waals surface area contributed by atoms with Gasteiger partial charge in [0.25, 0.3) is 11.8 Å². The number of aromatic nitrogens is 3. The number of nitrogens with two attached hydrogens (primary N) is 1. The summed E-state index contributed by atoms with van der Waals surface area (Å²) in [5, 5.41) is 21.5. The number of carbonyl (C=O) groups excluding carboxylic acids is 2. The van der Waals surface area contributed by atoms with Crippen molar-refractivity contribution in [3.8, 4) is 11.5 Å². The van der Waals surface area contributed by atoms with Crippen LogP contribution in [0.5, 0.6) is 11.5 Å². The van der Waals surface area contributed by atoms with Gasteiger partial charge in [-0.25, -0.2) is 9.97 Å². The molecule has 4 aromatic rings. The van der Waals surface area contributed by atoms with Crippen molar-refractivity contribution in [2.45, 2.75) is 52.0 Å². The molecule has 5 rings (SSSR count). The van der Waals surface area contributed by atoms with Crippen LogP contribution < -0.4 is 5.73 Å². The number of pyridine rings is 1. The summed E-state index contributed by atoms with van der Waals surface area (Å²) in [6, 6.07) is 10.6. The maximum Gasteiger partial charge on any atom is 0.253 e. The molecule has 3 heterocycles. The van der Waals surface area contributed by atoms with Crippen molar-refractivity contribution >= 4 is 39.6 Å². The number of hydrogen-bond acceptors (Lipinski definition) is 8. The zero-order valence-electron chi connectivity index (χ0n) is 23.2. The molecule has 0 spiro atoms. The predicted molar refractivity (Wildman–Crippen MR) is 157 cm³/mol. The number of nitrogens with zero attached hydrogens (tertiary/aromatic N) is 4. The number of aryl methyl sites for hydroxylation is 2. The van der Waals surface area contributed by atoms with E-state index in [9.17, 15) is 19.8 Å². The van der Waals surface area contributed by atoms with Gasteiger partial charge in [0.05, 0.1) is 17.6 Å². The van der Waals surface area contributed by atoms with Crippen molar-refractivity contribution in [2.24, 2.45) is 0 Å². The molecule has 0 fully saturated rings. The average Bonchev–Trinajstić information content (AvgIpc) is 3.48. The van der Waals surface area contributed by atoms with Gasteiger partial charge >= 0.3 is 0 Å². The molecule has 0 atom stereocenters. The summed E-state index contributed by atoms with van der Waals surface area (Å²) in [5.74, 6) is 0.871. The number of benzene rings is 2. The third-order valence-corrected chi connectivity index (χ3v) is 7.32. The van der Waals surface area contributed by atoms with Crippen LogP contribution >= 0.6 is 0 Å². The number of anilines is 1. The molecule has 10 nitrogen and oxygen atoms in total. The van der Waals surface area contributed by atoms with Gasteiger partial charge in [0.2, 0.25) is 0 Å². The van der Waals surface area contributed by atoms with Gasteiger partial charge in [0, 0.05) is 49.3 Å². The number of amides is 2. The third kappa shape index (κ3) is 6.17. The highest BCUT2D eigenvalue weighted by Gasteiger charge is 2.22. The molecule has 214 valence electrons. The van der Waals surface area contributed by atoms with Gasteiger partial charge in [0.1, 0.15) is 22.8 Å². The summed E-state index contributed by atoms with van der Waals surface area (Å²) >= 11 is 0. The fourth-order valence-electron chi connectivity index (χ4n) is 5.18. The highest BCUT2D eigenvalue weighted by atomic mass is 16.5. The van der Waals surface area contributed by atoms with Gasteiger partial charge in [-0.05, 0) is 61.6 Å². The molecule has 2 aromatic carbocycles. The first kappa shape index (κ1) is 28.1. The summed E-state index contributed by atoms with van der Waals surface area (Å²) in [6.45, 7) is 3.85. The Morgan fingerprint density at radius 3 is 2.49 bits per heavy atom. The maximum atomic E-state index is 11.6. The fourth-order valence-corrected chi connectivity index (χ4v) is 5.18. The monoisotopic (exact) mass is 557 g/mol. The Morgan fingerprint density at radius 2 is 1.71 bits per heavy atom. The summed E-state index contributed by atoms with van der Waals surface area (Å²) < 4.78 is 7.83. The molecule has 2 amide bonds. The molecule has 0 radical (unpaired) electrons. The fraction of sp³-hybridized carbons (Fsp3) is 0.355. The Labute approximate surface area is 238 Å². The largest absolute Gasteiger partial charge is 0.508 e. The van der Waals surface area contributed by atoms with Gasteiger partial charge in [0.15, 0.2) is 5.82 Å². The first-order chi connectivity index (χ1) is 19.9.